The quantitative estimate of drug-likeness (QED) is 0.729. The largest absolute Gasteiger partial charge is 0.473 e. The van der Waals surface area contributed by atoms with E-state index in [1.807, 2.05) is 48.8 Å². The molecular formula is C17H19N3O. The van der Waals surface area contributed by atoms with Crippen molar-refractivity contribution in [2.75, 3.05) is 6.54 Å². The molecule has 4 nitrogen and oxygen atoms in total. The number of fused-ring (bicyclic) bond motifs is 1. The second-order valence-corrected chi connectivity index (χ2v) is 4.94. The van der Waals surface area contributed by atoms with Gasteiger partial charge in [0.25, 0.3) is 0 Å². The molecule has 2 N–H and O–H groups in total. The standard InChI is InChI=1S/C17H19N3O/c1-2-18-9-14-10-19-16-11-20-17(8-15(14)16)21-12-13-6-4-3-5-7-13/h3-8,10-11,18-19H,2,9,12H2,1H3. The number of H-pyrrole nitrogens is 1. The third-order valence-corrected chi connectivity index (χ3v) is 3.42. The van der Waals surface area contributed by atoms with Gasteiger partial charge in [0.2, 0.25) is 5.88 Å². The number of pyridine rings is 1. The molecule has 0 aliphatic heterocycles. The highest BCUT2D eigenvalue weighted by Gasteiger charge is 2.06. The zero-order valence-electron chi connectivity index (χ0n) is 12.1. The number of nitrogens with one attached hydrogen (secondary N) is 2. The van der Waals surface area contributed by atoms with Crippen LogP contribution in [0.2, 0.25) is 0 Å². The van der Waals surface area contributed by atoms with E-state index >= 15 is 0 Å². The topological polar surface area (TPSA) is 49.9 Å². The summed E-state index contributed by atoms with van der Waals surface area (Å²) in [6.45, 7) is 4.44. The molecule has 2 heterocycles. The summed E-state index contributed by atoms with van der Waals surface area (Å²) in [5.41, 5.74) is 3.41. The molecular weight excluding hydrogens is 262 g/mol. The van der Waals surface area contributed by atoms with Crippen LogP contribution in [0.25, 0.3) is 10.9 Å². The van der Waals surface area contributed by atoms with Gasteiger partial charge in [-0.05, 0) is 17.7 Å². The highest BCUT2D eigenvalue weighted by atomic mass is 16.5. The summed E-state index contributed by atoms with van der Waals surface area (Å²) in [7, 11) is 0. The van der Waals surface area contributed by atoms with E-state index in [1.54, 1.807) is 0 Å². The molecule has 1 aromatic carbocycles. The molecule has 3 rings (SSSR count). The molecule has 0 aliphatic carbocycles. The van der Waals surface area contributed by atoms with Gasteiger partial charge in [-0.15, -0.1) is 0 Å². The lowest BCUT2D eigenvalue weighted by Crippen LogP contribution is -2.11. The summed E-state index contributed by atoms with van der Waals surface area (Å²) in [6, 6.07) is 12.1. The van der Waals surface area contributed by atoms with Crippen molar-refractivity contribution in [1.29, 1.82) is 0 Å². The van der Waals surface area contributed by atoms with E-state index in [4.69, 9.17) is 4.74 Å². The molecule has 0 saturated heterocycles. The van der Waals surface area contributed by atoms with Crippen LogP contribution >= 0.6 is 0 Å². The van der Waals surface area contributed by atoms with Gasteiger partial charge in [-0.3, -0.25) is 0 Å². The Bertz CT molecular complexity index is 706. The molecule has 108 valence electrons. The van der Waals surface area contributed by atoms with Crippen LogP contribution in [0.1, 0.15) is 18.1 Å². The van der Waals surface area contributed by atoms with Crippen molar-refractivity contribution in [1.82, 2.24) is 15.3 Å². The maximum Gasteiger partial charge on any atom is 0.214 e. The lowest BCUT2D eigenvalue weighted by atomic mass is 10.2. The fourth-order valence-corrected chi connectivity index (χ4v) is 2.28. The summed E-state index contributed by atoms with van der Waals surface area (Å²) < 4.78 is 5.78. The molecule has 0 unspecified atom stereocenters. The van der Waals surface area contributed by atoms with E-state index in [1.165, 1.54) is 5.56 Å². The minimum absolute atomic E-state index is 0.534. The zero-order chi connectivity index (χ0) is 14.5. The molecule has 0 atom stereocenters. The smallest absolute Gasteiger partial charge is 0.214 e. The fourth-order valence-electron chi connectivity index (χ4n) is 2.28. The zero-order valence-corrected chi connectivity index (χ0v) is 12.1. The van der Waals surface area contributed by atoms with Gasteiger partial charge in [0, 0.05) is 24.2 Å². The summed E-state index contributed by atoms with van der Waals surface area (Å²) in [5, 5.41) is 4.50. The number of aromatic nitrogens is 2. The van der Waals surface area contributed by atoms with Gasteiger partial charge < -0.3 is 15.0 Å². The lowest BCUT2D eigenvalue weighted by Gasteiger charge is -2.06. The van der Waals surface area contributed by atoms with Crippen molar-refractivity contribution >= 4 is 10.9 Å². The van der Waals surface area contributed by atoms with Crippen molar-refractivity contribution in [3.8, 4) is 5.88 Å². The van der Waals surface area contributed by atoms with Gasteiger partial charge in [-0.1, -0.05) is 37.3 Å². The summed E-state index contributed by atoms with van der Waals surface area (Å²) in [6.07, 6.45) is 3.85. The minimum Gasteiger partial charge on any atom is -0.473 e. The minimum atomic E-state index is 0.534. The maximum absolute atomic E-state index is 5.78. The number of hydrogen-bond donors (Lipinski definition) is 2. The summed E-state index contributed by atoms with van der Waals surface area (Å²) in [5.74, 6) is 0.656. The van der Waals surface area contributed by atoms with Gasteiger partial charge in [0.1, 0.15) is 6.61 Å². The molecule has 0 aliphatic rings. The van der Waals surface area contributed by atoms with Crippen LogP contribution in [0.15, 0.2) is 48.8 Å². The Morgan fingerprint density at radius 2 is 2.10 bits per heavy atom. The monoisotopic (exact) mass is 281 g/mol. The average molecular weight is 281 g/mol. The van der Waals surface area contributed by atoms with Crippen molar-refractivity contribution in [3.63, 3.8) is 0 Å². The number of aromatic amines is 1. The fraction of sp³-hybridized carbons (Fsp3) is 0.235. The second kappa shape index (κ2) is 6.41. The predicted octanol–water partition coefficient (Wildman–Crippen LogP) is 3.25. The highest BCUT2D eigenvalue weighted by molar-refractivity contribution is 5.83. The third-order valence-electron chi connectivity index (χ3n) is 3.42. The van der Waals surface area contributed by atoms with E-state index in [2.05, 4.69) is 22.2 Å². The first-order valence-electron chi connectivity index (χ1n) is 7.20. The van der Waals surface area contributed by atoms with Gasteiger partial charge >= 0.3 is 0 Å². The van der Waals surface area contributed by atoms with Crippen LogP contribution in [0, 0.1) is 0 Å². The van der Waals surface area contributed by atoms with Crippen molar-refractivity contribution in [2.24, 2.45) is 0 Å². The van der Waals surface area contributed by atoms with E-state index in [9.17, 15) is 0 Å². The molecule has 0 radical (unpaired) electrons. The second-order valence-electron chi connectivity index (χ2n) is 4.94. The average Bonchev–Trinajstić information content (AvgIpc) is 2.94. The molecule has 0 amide bonds. The predicted molar refractivity (Wildman–Crippen MR) is 84.2 cm³/mol. The van der Waals surface area contributed by atoms with Crippen LogP contribution in [0.4, 0.5) is 0 Å². The molecule has 3 aromatic rings. The highest BCUT2D eigenvalue weighted by Crippen LogP contribution is 2.22. The molecule has 0 fully saturated rings. The number of nitrogens with zero attached hydrogens (tertiary/aromatic N) is 1. The first-order chi connectivity index (χ1) is 10.4. The van der Waals surface area contributed by atoms with E-state index in [0.717, 1.165) is 29.6 Å². The van der Waals surface area contributed by atoms with Crippen molar-refractivity contribution in [3.05, 3.63) is 59.9 Å². The molecule has 0 saturated carbocycles. The summed E-state index contributed by atoms with van der Waals surface area (Å²) >= 11 is 0. The Kier molecular flexibility index (Phi) is 4.17. The number of hydrogen-bond acceptors (Lipinski definition) is 3. The SMILES string of the molecule is CCNCc1c[nH]c2cnc(OCc3ccccc3)cc12. The Hall–Kier alpha value is -2.33. The van der Waals surface area contributed by atoms with Crippen LogP contribution < -0.4 is 10.1 Å². The van der Waals surface area contributed by atoms with Crippen molar-refractivity contribution in [2.45, 2.75) is 20.1 Å². The Balaban J connectivity index is 1.76. The number of ether oxygens (including phenoxy) is 1. The maximum atomic E-state index is 5.78. The van der Waals surface area contributed by atoms with E-state index < -0.39 is 0 Å². The third kappa shape index (κ3) is 3.23. The molecule has 4 heteroatoms. The Labute approximate surface area is 124 Å². The van der Waals surface area contributed by atoms with E-state index in [-0.39, 0.29) is 0 Å². The van der Waals surface area contributed by atoms with Gasteiger partial charge in [0.15, 0.2) is 0 Å². The van der Waals surface area contributed by atoms with Crippen LogP contribution in [-0.2, 0) is 13.2 Å². The van der Waals surface area contributed by atoms with Crippen LogP contribution in [-0.4, -0.2) is 16.5 Å². The summed E-state index contributed by atoms with van der Waals surface area (Å²) in [4.78, 5) is 7.58. The van der Waals surface area contributed by atoms with Gasteiger partial charge in [0.05, 0.1) is 11.7 Å². The lowest BCUT2D eigenvalue weighted by molar-refractivity contribution is 0.294. The number of benzene rings is 1. The molecule has 2 aromatic heterocycles. The first kappa shape index (κ1) is 13.6. The Morgan fingerprint density at radius 1 is 1.24 bits per heavy atom. The normalized spacial score (nSPS) is 10.9. The van der Waals surface area contributed by atoms with Crippen LogP contribution in [0.3, 0.4) is 0 Å². The number of rotatable bonds is 6. The van der Waals surface area contributed by atoms with E-state index in [0.29, 0.717) is 12.5 Å². The van der Waals surface area contributed by atoms with Crippen LogP contribution in [0.5, 0.6) is 5.88 Å². The van der Waals surface area contributed by atoms with Gasteiger partial charge in [-0.2, -0.15) is 0 Å². The van der Waals surface area contributed by atoms with Gasteiger partial charge in [-0.25, -0.2) is 4.98 Å². The molecule has 21 heavy (non-hydrogen) atoms. The molecule has 0 bridgehead atoms. The molecule has 0 spiro atoms. The first-order valence-corrected chi connectivity index (χ1v) is 7.20. The van der Waals surface area contributed by atoms with Crippen molar-refractivity contribution < 1.29 is 4.74 Å². The Morgan fingerprint density at radius 3 is 2.90 bits per heavy atom.